The number of sulfonamides is 1. The van der Waals surface area contributed by atoms with E-state index in [9.17, 15) is 8.42 Å². The highest BCUT2D eigenvalue weighted by Gasteiger charge is 2.26. The van der Waals surface area contributed by atoms with Crippen LogP contribution in [0.1, 0.15) is 23.3 Å². The molecule has 0 radical (unpaired) electrons. The monoisotopic (exact) mass is 351 g/mol. The van der Waals surface area contributed by atoms with Crippen molar-refractivity contribution < 1.29 is 8.42 Å². The zero-order valence-corrected chi connectivity index (χ0v) is 15.0. The van der Waals surface area contributed by atoms with Crippen LogP contribution in [0.2, 0.25) is 0 Å². The molecule has 7 heteroatoms. The van der Waals surface area contributed by atoms with Crippen LogP contribution < -0.4 is 0 Å². The third kappa shape index (κ3) is 4.16. The van der Waals surface area contributed by atoms with Crippen LogP contribution in [0.25, 0.3) is 10.7 Å². The number of rotatable bonds is 4. The van der Waals surface area contributed by atoms with E-state index in [0.29, 0.717) is 19.0 Å². The molecular formula is C16H21N3O2S2. The van der Waals surface area contributed by atoms with E-state index >= 15 is 0 Å². The van der Waals surface area contributed by atoms with Gasteiger partial charge in [-0.3, -0.25) is 4.98 Å². The molecule has 1 aliphatic rings. The number of piperidine rings is 1. The van der Waals surface area contributed by atoms with Gasteiger partial charge in [-0.25, -0.2) is 17.7 Å². The lowest BCUT2D eigenvalue weighted by Crippen LogP contribution is -2.39. The van der Waals surface area contributed by atoms with Gasteiger partial charge in [0, 0.05) is 30.4 Å². The minimum atomic E-state index is -3.09. The second kappa shape index (κ2) is 6.67. The van der Waals surface area contributed by atoms with Crippen molar-refractivity contribution in [3.8, 4) is 10.7 Å². The van der Waals surface area contributed by atoms with Gasteiger partial charge in [-0.15, -0.1) is 11.3 Å². The molecule has 3 rings (SSSR count). The van der Waals surface area contributed by atoms with Crippen molar-refractivity contribution in [2.24, 2.45) is 5.92 Å². The molecule has 5 nitrogen and oxygen atoms in total. The molecule has 124 valence electrons. The molecule has 0 N–H and O–H groups in total. The van der Waals surface area contributed by atoms with Crippen LogP contribution >= 0.6 is 11.3 Å². The first-order valence-electron chi connectivity index (χ1n) is 7.74. The zero-order chi connectivity index (χ0) is 16.4. The van der Waals surface area contributed by atoms with Gasteiger partial charge in [0.2, 0.25) is 10.0 Å². The standard InChI is InChI=1S/C16H21N3O2S2/c1-12-10-18-16(22-12)15-9-13(5-6-17-15)8-14-4-3-7-19(11-14)23(2,20)21/h5-6,9-10,14H,3-4,7-8,11H2,1-2H3. The third-order valence-electron chi connectivity index (χ3n) is 4.14. The fraction of sp³-hybridized carbons (Fsp3) is 0.500. The molecule has 2 aromatic heterocycles. The SMILES string of the molecule is Cc1cnc(-c2cc(CC3CCCN(S(C)(=O)=O)C3)ccn2)s1. The Kier molecular flexibility index (Phi) is 4.79. The van der Waals surface area contributed by atoms with E-state index in [-0.39, 0.29) is 0 Å². The smallest absolute Gasteiger partial charge is 0.211 e. The van der Waals surface area contributed by atoms with Gasteiger partial charge < -0.3 is 0 Å². The molecule has 0 spiro atoms. The summed E-state index contributed by atoms with van der Waals surface area (Å²) in [4.78, 5) is 9.97. The predicted octanol–water partition coefficient (Wildman–Crippen LogP) is 2.73. The van der Waals surface area contributed by atoms with Gasteiger partial charge in [0.05, 0.1) is 11.9 Å². The second-order valence-corrected chi connectivity index (χ2v) is 9.38. The maximum absolute atomic E-state index is 11.7. The number of aromatic nitrogens is 2. The van der Waals surface area contributed by atoms with E-state index in [1.54, 1.807) is 15.6 Å². The lowest BCUT2D eigenvalue weighted by Gasteiger charge is -2.31. The highest BCUT2D eigenvalue weighted by molar-refractivity contribution is 7.88. The molecule has 0 aliphatic carbocycles. The average Bonchev–Trinajstić information content (AvgIpc) is 2.94. The van der Waals surface area contributed by atoms with Crippen molar-refractivity contribution >= 4 is 21.4 Å². The molecule has 23 heavy (non-hydrogen) atoms. The topological polar surface area (TPSA) is 63.2 Å². The maximum atomic E-state index is 11.7. The summed E-state index contributed by atoms with van der Waals surface area (Å²) in [5.74, 6) is 0.367. The lowest BCUT2D eigenvalue weighted by atomic mass is 9.92. The summed E-state index contributed by atoms with van der Waals surface area (Å²) in [6.45, 7) is 3.30. The Morgan fingerprint density at radius 1 is 1.39 bits per heavy atom. The van der Waals surface area contributed by atoms with Gasteiger partial charge in [-0.05, 0) is 49.8 Å². The van der Waals surface area contributed by atoms with Gasteiger partial charge >= 0.3 is 0 Å². The molecule has 1 unspecified atom stereocenters. The first kappa shape index (κ1) is 16.5. The van der Waals surface area contributed by atoms with Gasteiger partial charge in [0.15, 0.2) is 0 Å². The Morgan fingerprint density at radius 3 is 2.91 bits per heavy atom. The maximum Gasteiger partial charge on any atom is 0.211 e. The quantitative estimate of drug-likeness (QED) is 0.850. The largest absolute Gasteiger partial charge is 0.254 e. The number of aryl methyl sites for hydroxylation is 1. The normalized spacial score (nSPS) is 19.8. The Labute approximate surface area is 141 Å². The van der Waals surface area contributed by atoms with E-state index in [2.05, 4.69) is 16.0 Å². The van der Waals surface area contributed by atoms with E-state index in [0.717, 1.165) is 30.0 Å². The van der Waals surface area contributed by atoms with Crippen LogP contribution in [0.15, 0.2) is 24.5 Å². The second-order valence-electron chi connectivity index (χ2n) is 6.16. The molecule has 1 atom stereocenters. The summed E-state index contributed by atoms with van der Waals surface area (Å²) in [6.07, 6.45) is 7.86. The summed E-state index contributed by atoms with van der Waals surface area (Å²) in [7, 11) is -3.09. The highest BCUT2D eigenvalue weighted by Crippen LogP contribution is 2.26. The molecule has 0 aromatic carbocycles. The summed E-state index contributed by atoms with van der Waals surface area (Å²) in [5, 5.41) is 0.936. The average molecular weight is 351 g/mol. The number of thiazole rings is 1. The van der Waals surface area contributed by atoms with Crippen molar-refractivity contribution in [1.29, 1.82) is 0 Å². The van der Waals surface area contributed by atoms with E-state index in [4.69, 9.17) is 0 Å². The number of nitrogens with zero attached hydrogens (tertiary/aromatic N) is 3. The molecular weight excluding hydrogens is 330 g/mol. The summed E-state index contributed by atoms with van der Waals surface area (Å²) >= 11 is 1.64. The van der Waals surface area contributed by atoms with Crippen molar-refractivity contribution in [1.82, 2.24) is 14.3 Å². The third-order valence-corrected chi connectivity index (χ3v) is 6.34. The predicted molar refractivity (Wildman–Crippen MR) is 92.9 cm³/mol. The number of pyridine rings is 1. The molecule has 2 aromatic rings. The lowest BCUT2D eigenvalue weighted by molar-refractivity contribution is 0.267. The minimum Gasteiger partial charge on any atom is -0.254 e. The Bertz CT molecular complexity index is 786. The van der Waals surface area contributed by atoms with Crippen molar-refractivity contribution in [2.45, 2.75) is 26.2 Å². The Morgan fingerprint density at radius 2 is 2.22 bits per heavy atom. The van der Waals surface area contributed by atoms with Crippen molar-refractivity contribution in [3.05, 3.63) is 35.0 Å². The first-order valence-corrected chi connectivity index (χ1v) is 10.4. The highest BCUT2D eigenvalue weighted by atomic mass is 32.2. The van der Waals surface area contributed by atoms with Crippen LogP contribution in [0.3, 0.4) is 0 Å². The fourth-order valence-corrected chi connectivity index (χ4v) is 4.69. The number of hydrogen-bond acceptors (Lipinski definition) is 5. The van der Waals surface area contributed by atoms with E-state index in [1.165, 1.54) is 16.7 Å². The molecule has 1 saturated heterocycles. The summed E-state index contributed by atoms with van der Waals surface area (Å²) in [5.41, 5.74) is 2.10. The molecule has 3 heterocycles. The Hall–Kier alpha value is -1.31. The van der Waals surface area contributed by atoms with Crippen LogP contribution in [-0.2, 0) is 16.4 Å². The van der Waals surface area contributed by atoms with Gasteiger partial charge in [0.25, 0.3) is 0 Å². The molecule has 1 aliphatic heterocycles. The summed E-state index contributed by atoms with van der Waals surface area (Å²) < 4.78 is 25.1. The molecule has 0 amide bonds. The van der Waals surface area contributed by atoms with Gasteiger partial charge in [-0.2, -0.15) is 0 Å². The minimum absolute atomic E-state index is 0.367. The van der Waals surface area contributed by atoms with Gasteiger partial charge in [-0.1, -0.05) is 0 Å². The van der Waals surface area contributed by atoms with Gasteiger partial charge in [0.1, 0.15) is 5.01 Å². The molecule has 0 saturated carbocycles. The van der Waals surface area contributed by atoms with Crippen LogP contribution in [0.4, 0.5) is 0 Å². The van der Waals surface area contributed by atoms with Crippen molar-refractivity contribution in [3.63, 3.8) is 0 Å². The first-order chi connectivity index (χ1) is 10.9. The van der Waals surface area contributed by atoms with Crippen LogP contribution in [0.5, 0.6) is 0 Å². The molecule has 1 fully saturated rings. The summed E-state index contributed by atoms with van der Waals surface area (Å²) in [6, 6.07) is 4.10. The van der Waals surface area contributed by atoms with E-state index in [1.807, 2.05) is 25.4 Å². The number of hydrogen-bond donors (Lipinski definition) is 0. The van der Waals surface area contributed by atoms with Crippen LogP contribution in [0, 0.1) is 12.8 Å². The Balaban J connectivity index is 1.73. The van der Waals surface area contributed by atoms with Crippen molar-refractivity contribution in [2.75, 3.05) is 19.3 Å². The zero-order valence-electron chi connectivity index (χ0n) is 13.4. The fourth-order valence-electron chi connectivity index (χ4n) is 3.02. The molecule has 0 bridgehead atoms. The van der Waals surface area contributed by atoms with E-state index < -0.39 is 10.0 Å². The van der Waals surface area contributed by atoms with Crippen LogP contribution in [-0.4, -0.2) is 42.0 Å².